The smallest absolute Gasteiger partial charge is 0.331 e. The fourth-order valence-corrected chi connectivity index (χ4v) is 1.20. The zero-order valence-corrected chi connectivity index (χ0v) is 11.1. The van der Waals surface area contributed by atoms with E-state index >= 15 is 0 Å². The Hall–Kier alpha value is -1.24. The lowest BCUT2D eigenvalue weighted by Gasteiger charge is -2.13. The maximum absolute atomic E-state index is 11.4. The third-order valence-electron chi connectivity index (χ3n) is 1.48. The van der Waals surface area contributed by atoms with Crippen LogP contribution in [0.2, 0.25) is 0 Å². The van der Waals surface area contributed by atoms with Crippen LogP contribution < -0.4 is 5.32 Å². The SMILES string of the molecule is CCSC(=NC(=O)N(C)C)NC(=O)N(C)C. The quantitative estimate of drug-likeness (QED) is 0.555. The van der Waals surface area contributed by atoms with Crippen molar-refractivity contribution in [3.8, 4) is 0 Å². The van der Waals surface area contributed by atoms with Crippen molar-refractivity contribution in [2.24, 2.45) is 4.99 Å². The van der Waals surface area contributed by atoms with E-state index in [2.05, 4.69) is 10.3 Å². The van der Waals surface area contributed by atoms with Crippen LogP contribution in [0.25, 0.3) is 0 Å². The van der Waals surface area contributed by atoms with Gasteiger partial charge in [-0.1, -0.05) is 18.7 Å². The highest BCUT2D eigenvalue weighted by atomic mass is 32.2. The summed E-state index contributed by atoms with van der Waals surface area (Å²) < 4.78 is 0. The summed E-state index contributed by atoms with van der Waals surface area (Å²) in [5, 5.41) is 2.87. The number of amidine groups is 1. The lowest BCUT2D eigenvalue weighted by molar-refractivity contribution is 0.222. The lowest BCUT2D eigenvalue weighted by atomic mass is 10.8. The molecular formula is C9H18N4O2S. The van der Waals surface area contributed by atoms with Crippen molar-refractivity contribution in [1.29, 1.82) is 0 Å². The Bertz CT molecular complexity index is 289. The Morgan fingerprint density at radius 2 is 1.75 bits per heavy atom. The van der Waals surface area contributed by atoms with Gasteiger partial charge in [0.2, 0.25) is 0 Å². The first-order valence-electron chi connectivity index (χ1n) is 4.79. The normalized spacial score (nSPS) is 10.9. The number of carbonyl (C=O) groups is 2. The van der Waals surface area contributed by atoms with Crippen LogP contribution >= 0.6 is 11.8 Å². The number of nitrogens with one attached hydrogen (secondary N) is 1. The van der Waals surface area contributed by atoms with Crippen LogP contribution in [0.5, 0.6) is 0 Å². The molecule has 0 spiro atoms. The molecule has 0 unspecified atom stereocenters. The molecule has 0 aromatic carbocycles. The van der Waals surface area contributed by atoms with E-state index in [1.54, 1.807) is 28.2 Å². The Kier molecular flexibility index (Phi) is 6.55. The van der Waals surface area contributed by atoms with Gasteiger partial charge in [-0.15, -0.1) is 0 Å². The van der Waals surface area contributed by atoms with Crippen molar-refractivity contribution in [1.82, 2.24) is 15.1 Å². The van der Waals surface area contributed by atoms with Gasteiger partial charge in [0.05, 0.1) is 0 Å². The minimum absolute atomic E-state index is 0.300. The summed E-state index contributed by atoms with van der Waals surface area (Å²) in [5.74, 6) is 0.729. The molecule has 7 heteroatoms. The fraction of sp³-hybridized carbons (Fsp3) is 0.667. The largest absolute Gasteiger partial charge is 0.345 e. The lowest BCUT2D eigenvalue weighted by Crippen LogP contribution is -2.38. The number of aliphatic imine (C=N–C) groups is 1. The van der Waals surface area contributed by atoms with Crippen molar-refractivity contribution in [2.75, 3.05) is 33.9 Å². The molecule has 0 saturated carbocycles. The van der Waals surface area contributed by atoms with Gasteiger partial charge in [0.25, 0.3) is 0 Å². The number of thioether (sulfide) groups is 1. The zero-order valence-electron chi connectivity index (χ0n) is 10.3. The summed E-state index contributed by atoms with van der Waals surface area (Å²) in [7, 11) is 6.45. The molecule has 0 bridgehead atoms. The van der Waals surface area contributed by atoms with Crippen LogP contribution in [-0.2, 0) is 0 Å². The number of hydrogen-bond donors (Lipinski definition) is 1. The first-order valence-corrected chi connectivity index (χ1v) is 5.78. The summed E-state index contributed by atoms with van der Waals surface area (Å²) in [6.45, 7) is 1.92. The molecule has 6 nitrogen and oxygen atoms in total. The molecule has 0 radical (unpaired) electrons. The van der Waals surface area contributed by atoms with E-state index < -0.39 is 6.03 Å². The molecule has 0 rings (SSSR count). The van der Waals surface area contributed by atoms with Crippen LogP contribution in [0.1, 0.15) is 6.92 Å². The van der Waals surface area contributed by atoms with E-state index in [0.29, 0.717) is 5.17 Å². The molecule has 0 aliphatic rings. The molecule has 0 aromatic heterocycles. The number of rotatable bonds is 1. The van der Waals surface area contributed by atoms with Crippen LogP contribution in [0.4, 0.5) is 9.59 Å². The van der Waals surface area contributed by atoms with Gasteiger partial charge in [-0.2, -0.15) is 4.99 Å². The van der Waals surface area contributed by atoms with Crippen LogP contribution in [0.3, 0.4) is 0 Å². The van der Waals surface area contributed by atoms with Gasteiger partial charge in [0.15, 0.2) is 5.17 Å². The van der Waals surface area contributed by atoms with Crippen LogP contribution in [0, 0.1) is 0 Å². The topological polar surface area (TPSA) is 65.0 Å². The van der Waals surface area contributed by atoms with Gasteiger partial charge < -0.3 is 9.80 Å². The first kappa shape index (κ1) is 14.8. The maximum atomic E-state index is 11.4. The molecule has 0 aromatic rings. The van der Waals surface area contributed by atoms with E-state index in [4.69, 9.17) is 0 Å². The monoisotopic (exact) mass is 246 g/mol. The average Bonchev–Trinajstić information content (AvgIpc) is 2.17. The number of amides is 4. The molecule has 0 aliphatic carbocycles. The molecule has 0 aliphatic heterocycles. The first-order chi connectivity index (χ1) is 7.38. The van der Waals surface area contributed by atoms with Crippen molar-refractivity contribution in [3.63, 3.8) is 0 Å². The second kappa shape index (κ2) is 7.10. The van der Waals surface area contributed by atoms with Gasteiger partial charge in [-0.05, 0) is 5.75 Å². The number of urea groups is 2. The third kappa shape index (κ3) is 5.59. The molecule has 1 N–H and O–H groups in total. The predicted molar refractivity (Wildman–Crippen MR) is 66.9 cm³/mol. The summed E-state index contributed by atoms with van der Waals surface area (Å²) >= 11 is 1.31. The highest BCUT2D eigenvalue weighted by Crippen LogP contribution is 2.02. The number of carbonyl (C=O) groups excluding carboxylic acids is 2. The Morgan fingerprint density at radius 1 is 1.19 bits per heavy atom. The Morgan fingerprint density at radius 3 is 2.12 bits per heavy atom. The predicted octanol–water partition coefficient (Wildman–Crippen LogP) is 1.05. The second-order valence-corrected chi connectivity index (χ2v) is 4.60. The van der Waals surface area contributed by atoms with E-state index in [-0.39, 0.29) is 6.03 Å². The summed E-state index contributed by atoms with van der Waals surface area (Å²) in [6.07, 6.45) is 0. The van der Waals surface area contributed by atoms with Crippen molar-refractivity contribution in [2.45, 2.75) is 6.92 Å². The molecular weight excluding hydrogens is 228 g/mol. The number of nitrogens with zero attached hydrogens (tertiary/aromatic N) is 3. The highest BCUT2D eigenvalue weighted by molar-refractivity contribution is 8.13. The summed E-state index contributed by atoms with van der Waals surface area (Å²) in [5.41, 5.74) is 0. The van der Waals surface area contributed by atoms with Crippen molar-refractivity contribution >= 4 is 29.0 Å². The summed E-state index contributed by atoms with van der Waals surface area (Å²) in [4.78, 5) is 29.2. The molecule has 4 amide bonds. The van der Waals surface area contributed by atoms with Crippen LogP contribution in [-0.4, -0.2) is 61.0 Å². The maximum Gasteiger partial charge on any atom is 0.345 e. The molecule has 0 fully saturated rings. The van der Waals surface area contributed by atoms with E-state index in [1.165, 1.54) is 21.6 Å². The molecule has 0 saturated heterocycles. The molecule has 92 valence electrons. The summed E-state index contributed by atoms with van der Waals surface area (Å²) in [6, 6.07) is -0.693. The number of hydrogen-bond acceptors (Lipinski definition) is 3. The fourth-order valence-electron chi connectivity index (χ4n) is 0.623. The highest BCUT2D eigenvalue weighted by Gasteiger charge is 2.10. The van der Waals surface area contributed by atoms with Crippen molar-refractivity contribution in [3.05, 3.63) is 0 Å². The zero-order chi connectivity index (χ0) is 12.7. The average molecular weight is 246 g/mol. The van der Waals surface area contributed by atoms with Gasteiger partial charge in [-0.25, -0.2) is 9.59 Å². The van der Waals surface area contributed by atoms with Gasteiger partial charge in [0, 0.05) is 28.2 Å². The minimum atomic E-state index is -0.394. The minimum Gasteiger partial charge on any atom is -0.331 e. The van der Waals surface area contributed by atoms with Crippen molar-refractivity contribution < 1.29 is 9.59 Å². The molecule has 0 heterocycles. The standard InChI is InChI=1S/C9H18N4O2S/c1-6-16-7(10-8(14)12(2)3)11-9(15)13(4)5/h6H2,1-5H3,(H,10,11,14,15). The Labute approximate surface area is 100 Å². The van der Waals surface area contributed by atoms with E-state index in [9.17, 15) is 9.59 Å². The third-order valence-corrected chi connectivity index (χ3v) is 2.24. The van der Waals surface area contributed by atoms with E-state index in [0.717, 1.165) is 5.75 Å². The Balaban J connectivity index is 4.61. The molecule has 0 atom stereocenters. The van der Waals surface area contributed by atoms with Gasteiger partial charge in [-0.3, -0.25) is 5.32 Å². The second-order valence-electron chi connectivity index (χ2n) is 3.35. The van der Waals surface area contributed by atoms with E-state index in [1.807, 2.05) is 6.92 Å². The molecule has 16 heavy (non-hydrogen) atoms. The van der Waals surface area contributed by atoms with Gasteiger partial charge in [0.1, 0.15) is 0 Å². The van der Waals surface area contributed by atoms with Gasteiger partial charge >= 0.3 is 12.1 Å². The van der Waals surface area contributed by atoms with Crippen LogP contribution in [0.15, 0.2) is 4.99 Å².